The Morgan fingerprint density at radius 3 is 2.76 bits per heavy atom. The van der Waals surface area contributed by atoms with Gasteiger partial charge in [0.05, 0.1) is 6.61 Å². The highest BCUT2D eigenvalue weighted by atomic mass is 79.9. The minimum atomic E-state index is -0.451. The number of hydrogen-bond acceptors (Lipinski definition) is 6. The van der Waals surface area contributed by atoms with Crippen molar-refractivity contribution >= 4 is 33.2 Å². The molecule has 0 unspecified atom stereocenters. The van der Waals surface area contributed by atoms with Crippen LogP contribution in [0.5, 0.6) is 5.75 Å². The molecule has 0 saturated carbocycles. The van der Waals surface area contributed by atoms with Gasteiger partial charge in [0.25, 0.3) is 0 Å². The second-order valence-corrected chi connectivity index (χ2v) is 5.86. The predicted octanol–water partition coefficient (Wildman–Crippen LogP) is 3.29. The first-order valence-corrected chi connectivity index (χ1v) is 7.85. The molecule has 0 bridgehead atoms. The number of carbonyl (C=O) groups excluding carboxylic acids is 1. The lowest BCUT2D eigenvalue weighted by molar-refractivity contribution is 0.0444. The summed E-state index contributed by atoms with van der Waals surface area (Å²) in [6, 6.07) is 7.44. The molecule has 1 aromatic heterocycles. The standard InChI is InChI=1S/C14H14BrNO4S/c1-18-8-13-16-12(9-21-13)14(17)20-7-6-19-11-4-2-10(15)3-5-11/h2-5,9H,6-8H2,1H3. The molecule has 0 aliphatic carbocycles. The van der Waals surface area contributed by atoms with E-state index in [9.17, 15) is 4.79 Å². The molecule has 21 heavy (non-hydrogen) atoms. The van der Waals surface area contributed by atoms with Crippen LogP contribution in [-0.4, -0.2) is 31.3 Å². The number of rotatable bonds is 7. The van der Waals surface area contributed by atoms with Gasteiger partial charge in [0.15, 0.2) is 5.69 Å². The number of ether oxygens (including phenoxy) is 3. The molecule has 2 rings (SSSR count). The van der Waals surface area contributed by atoms with E-state index in [2.05, 4.69) is 20.9 Å². The van der Waals surface area contributed by atoms with Gasteiger partial charge < -0.3 is 14.2 Å². The molecule has 0 aliphatic rings. The second kappa shape index (κ2) is 8.11. The summed E-state index contributed by atoms with van der Waals surface area (Å²) in [5, 5.41) is 2.40. The van der Waals surface area contributed by atoms with Crippen LogP contribution in [0.15, 0.2) is 34.1 Å². The number of nitrogens with zero attached hydrogens (tertiary/aromatic N) is 1. The summed E-state index contributed by atoms with van der Waals surface area (Å²) in [6.45, 7) is 0.860. The Labute approximate surface area is 135 Å². The van der Waals surface area contributed by atoms with Crippen molar-refractivity contribution in [2.24, 2.45) is 0 Å². The molecule has 0 aliphatic heterocycles. The van der Waals surface area contributed by atoms with Gasteiger partial charge in [0, 0.05) is 17.0 Å². The van der Waals surface area contributed by atoms with E-state index in [1.54, 1.807) is 12.5 Å². The molecule has 0 saturated heterocycles. The lowest BCUT2D eigenvalue weighted by Crippen LogP contribution is -2.12. The van der Waals surface area contributed by atoms with Crippen molar-refractivity contribution in [1.82, 2.24) is 4.98 Å². The van der Waals surface area contributed by atoms with Crippen LogP contribution in [0.1, 0.15) is 15.5 Å². The molecule has 1 heterocycles. The predicted molar refractivity (Wildman–Crippen MR) is 82.7 cm³/mol. The summed E-state index contributed by atoms with van der Waals surface area (Å²) in [6.07, 6.45) is 0. The van der Waals surface area contributed by atoms with Crippen molar-refractivity contribution in [2.45, 2.75) is 6.61 Å². The Hall–Kier alpha value is -1.44. The van der Waals surface area contributed by atoms with Gasteiger partial charge in [-0.25, -0.2) is 9.78 Å². The summed E-state index contributed by atoms with van der Waals surface area (Å²) in [4.78, 5) is 15.9. The Bertz CT molecular complexity index is 585. The Balaban J connectivity index is 1.72. The molecule has 0 spiro atoms. The smallest absolute Gasteiger partial charge is 0.357 e. The van der Waals surface area contributed by atoms with Gasteiger partial charge in [-0.1, -0.05) is 15.9 Å². The van der Waals surface area contributed by atoms with Crippen molar-refractivity contribution in [3.63, 3.8) is 0 Å². The number of hydrogen-bond donors (Lipinski definition) is 0. The number of benzene rings is 1. The molecule has 0 fully saturated rings. The van der Waals surface area contributed by atoms with Crippen LogP contribution in [0.25, 0.3) is 0 Å². The fourth-order valence-electron chi connectivity index (χ4n) is 1.49. The molecular weight excluding hydrogens is 358 g/mol. The summed E-state index contributed by atoms with van der Waals surface area (Å²) >= 11 is 4.71. The van der Waals surface area contributed by atoms with Crippen LogP contribution in [0, 0.1) is 0 Å². The fraction of sp³-hybridized carbons (Fsp3) is 0.286. The summed E-state index contributed by atoms with van der Waals surface area (Å²) < 4.78 is 16.5. The number of methoxy groups -OCH3 is 1. The number of carbonyl (C=O) groups is 1. The average molecular weight is 372 g/mol. The molecule has 5 nitrogen and oxygen atoms in total. The Morgan fingerprint density at radius 1 is 1.29 bits per heavy atom. The van der Waals surface area contributed by atoms with Crippen molar-refractivity contribution in [2.75, 3.05) is 20.3 Å². The molecule has 0 amide bonds. The zero-order chi connectivity index (χ0) is 15.1. The molecule has 1 aromatic carbocycles. The van der Waals surface area contributed by atoms with E-state index in [1.165, 1.54) is 11.3 Å². The van der Waals surface area contributed by atoms with Crippen LogP contribution in [0.2, 0.25) is 0 Å². The highest BCUT2D eigenvalue weighted by molar-refractivity contribution is 9.10. The van der Waals surface area contributed by atoms with Gasteiger partial charge in [-0.2, -0.15) is 0 Å². The zero-order valence-electron chi connectivity index (χ0n) is 11.4. The lowest BCUT2D eigenvalue weighted by atomic mass is 10.3. The fourth-order valence-corrected chi connectivity index (χ4v) is 2.49. The highest BCUT2D eigenvalue weighted by Crippen LogP contribution is 2.16. The molecule has 112 valence electrons. The van der Waals surface area contributed by atoms with E-state index in [4.69, 9.17) is 14.2 Å². The van der Waals surface area contributed by atoms with E-state index in [0.717, 1.165) is 15.2 Å². The summed E-state index contributed by atoms with van der Waals surface area (Å²) in [5.41, 5.74) is 0.302. The van der Waals surface area contributed by atoms with Gasteiger partial charge in [-0.3, -0.25) is 0 Å². The van der Waals surface area contributed by atoms with Gasteiger partial charge in [-0.05, 0) is 24.3 Å². The SMILES string of the molecule is COCc1nc(C(=O)OCCOc2ccc(Br)cc2)cs1. The molecule has 0 radical (unpaired) electrons. The van der Waals surface area contributed by atoms with Crippen molar-refractivity contribution < 1.29 is 19.0 Å². The second-order valence-electron chi connectivity index (χ2n) is 4.00. The third-order valence-corrected chi connectivity index (χ3v) is 3.78. The molecule has 0 N–H and O–H groups in total. The Kier molecular flexibility index (Phi) is 6.16. The van der Waals surface area contributed by atoms with Crippen LogP contribution < -0.4 is 4.74 Å². The summed E-state index contributed by atoms with van der Waals surface area (Å²) in [7, 11) is 1.58. The third-order valence-electron chi connectivity index (χ3n) is 2.43. The van der Waals surface area contributed by atoms with E-state index in [1.807, 2.05) is 24.3 Å². The quantitative estimate of drug-likeness (QED) is 0.552. The van der Waals surface area contributed by atoms with Gasteiger partial charge in [-0.15, -0.1) is 11.3 Å². The number of aromatic nitrogens is 1. The number of thiazole rings is 1. The monoisotopic (exact) mass is 371 g/mol. The van der Waals surface area contributed by atoms with Crippen molar-refractivity contribution in [1.29, 1.82) is 0 Å². The van der Waals surface area contributed by atoms with Crippen molar-refractivity contribution in [3.05, 3.63) is 44.8 Å². The average Bonchev–Trinajstić information content (AvgIpc) is 2.94. The minimum absolute atomic E-state index is 0.173. The largest absolute Gasteiger partial charge is 0.490 e. The van der Waals surface area contributed by atoms with Gasteiger partial charge in [0.1, 0.15) is 24.0 Å². The van der Waals surface area contributed by atoms with E-state index in [0.29, 0.717) is 18.9 Å². The maximum Gasteiger partial charge on any atom is 0.357 e. The Morgan fingerprint density at radius 2 is 2.05 bits per heavy atom. The maximum atomic E-state index is 11.7. The number of esters is 1. The first-order valence-electron chi connectivity index (χ1n) is 6.18. The topological polar surface area (TPSA) is 57.7 Å². The summed E-state index contributed by atoms with van der Waals surface area (Å²) in [5.74, 6) is 0.276. The molecule has 0 atom stereocenters. The third kappa shape index (κ3) is 5.11. The van der Waals surface area contributed by atoms with Crippen LogP contribution in [-0.2, 0) is 16.1 Å². The lowest BCUT2D eigenvalue weighted by Gasteiger charge is -2.06. The first-order chi connectivity index (χ1) is 10.2. The molecular formula is C14H14BrNO4S. The van der Waals surface area contributed by atoms with E-state index < -0.39 is 5.97 Å². The van der Waals surface area contributed by atoms with Crippen LogP contribution >= 0.6 is 27.3 Å². The van der Waals surface area contributed by atoms with Crippen LogP contribution in [0.4, 0.5) is 0 Å². The first kappa shape index (κ1) is 15.9. The van der Waals surface area contributed by atoms with E-state index in [-0.39, 0.29) is 6.61 Å². The van der Waals surface area contributed by atoms with Gasteiger partial charge >= 0.3 is 5.97 Å². The molecule has 7 heteroatoms. The minimum Gasteiger partial charge on any atom is -0.490 e. The van der Waals surface area contributed by atoms with Crippen molar-refractivity contribution in [3.8, 4) is 5.75 Å². The van der Waals surface area contributed by atoms with Crippen LogP contribution in [0.3, 0.4) is 0 Å². The number of halogens is 1. The maximum absolute atomic E-state index is 11.7. The molecule has 2 aromatic rings. The normalized spacial score (nSPS) is 10.4. The zero-order valence-corrected chi connectivity index (χ0v) is 13.8. The van der Waals surface area contributed by atoms with E-state index >= 15 is 0 Å². The highest BCUT2D eigenvalue weighted by Gasteiger charge is 2.12. The van der Waals surface area contributed by atoms with Gasteiger partial charge in [0.2, 0.25) is 0 Å².